The van der Waals surface area contributed by atoms with E-state index in [1.54, 1.807) is 66.7 Å². The number of aliphatic carboxylic acids is 2. The number of ether oxygens (including phenoxy) is 3. The Labute approximate surface area is 404 Å². The Morgan fingerprint density at radius 3 is 0.870 bits per heavy atom. The van der Waals surface area contributed by atoms with E-state index in [0.29, 0.717) is 28.4 Å². The van der Waals surface area contributed by atoms with Gasteiger partial charge in [0.25, 0.3) is 11.9 Å². The summed E-state index contributed by atoms with van der Waals surface area (Å²) in [6.07, 6.45) is 0. The number of carboxylic acids is 3. The summed E-state index contributed by atoms with van der Waals surface area (Å²) in [6, 6.07) is 48.6. The van der Waals surface area contributed by atoms with Gasteiger partial charge in [-0.3, -0.25) is 19.2 Å². The van der Waals surface area contributed by atoms with Gasteiger partial charge >= 0.3 is 23.9 Å². The number of esters is 3. The maximum Gasteiger partial charge on any atom is 0.343 e. The molecule has 0 atom stereocenters. The van der Waals surface area contributed by atoms with Crippen LogP contribution < -0.4 is 14.2 Å². The standard InChI is InChI=1S/C23H22O2.C19H20O4.C7H6O2.C3H6O.2C2H4O2/c1-17-9-11-19(12-10-17)23(2,3)20-13-15-21(16-14-20)25-22(24)18-7-5-4-6-8-18;1-13(20)22-17-9-5-15(6-10-17)19(3,4)16-7-11-18(12-8-16)23-14(2)21;8-7(9)6-4-2-1-3-5-6;1-3(2)4;2*1-2(3)4/h4-16H,1-3H3;5-12H,1-4H3;1-5H,(H,8,9);1-2H3;2*1H3,(H,3,4). The first-order valence-corrected chi connectivity index (χ1v) is 21.4. The second-order valence-corrected chi connectivity index (χ2v) is 16.2. The molecule has 0 fully saturated rings. The zero-order chi connectivity index (χ0) is 52.3. The number of hydrogen-bond acceptors (Lipinski definition) is 10. The van der Waals surface area contributed by atoms with Gasteiger partial charge in [0, 0.05) is 38.5 Å². The van der Waals surface area contributed by atoms with Gasteiger partial charge in [0.1, 0.15) is 23.0 Å². The summed E-state index contributed by atoms with van der Waals surface area (Å²) in [5, 5.41) is 23.2. The lowest BCUT2D eigenvalue weighted by atomic mass is 9.78. The van der Waals surface area contributed by atoms with Gasteiger partial charge in [-0.25, -0.2) is 9.59 Å². The van der Waals surface area contributed by atoms with Crippen LogP contribution in [0.25, 0.3) is 0 Å². The van der Waals surface area contributed by atoms with Gasteiger partial charge in [-0.15, -0.1) is 0 Å². The molecule has 0 radical (unpaired) electrons. The van der Waals surface area contributed by atoms with Crippen molar-refractivity contribution in [2.45, 2.75) is 87.0 Å². The minimum atomic E-state index is -0.879. The Bertz CT molecular complexity index is 2440. The average Bonchev–Trinajstić information content (AvgIpc) is 3.27. The lowest BCUT2D eigenvalue weighted by molar-refractivity contribution is -0.135. The third-order valence-corrected chi connectivity index (χ3v) is 9.27. The van der Waals surface area contributed by atoms with E-state index in [1.807, 2.05) is 66.7 Å². The SMILES string of the molecule is CC(=O)O.CC(=O)O.CC(=O)Oc1ccc(C(C)(C)c2ccc(OC(C)=O)cc2)cc1.CC(C)=O.Cc1ccc(C(C)(C)c2ccc(OC(=O)c3ccccc3)cc2)cc1.O=C(O)c1ccccc1. The van der Waals surface area contributed by atoms with Crippen molar-refractivity contribution in [3.05, 3.63) is 197 Å². The summed E-state index contributed by atoms with van der Waals surface area (Å²) < 4.78 is 15.6. The molecule has 69 heavy (non-hydrogen) atoms. The molecule has 0 aliphatic carbocycles. The second-order valence-electron chi connectivity index (χ2n) is 16.2. The lowest BCUT2D eigenvalue weighted by Crippen LogP contribution is -2.18. The molecule has 0 aliphatic heterocycles. The molecule has 0 heterocycles. The second kappa shape index (κ2) is 29.4. The molecule has 0 bridgehead atoms. The molecule has 0 saturated carbocycles. The molecule has 6 aromatic carbocycles. The van der Waals surface area contributed by atoms with Gasteiger partial charge in [0.05, 0.1) is 11.1 Å². The number of benzene rings is 6. The number of carboxylic acid groups (broad SMARTS) is 3. The number of rotatable bonds is 9. The number of aromatic carboxylic acids is 1. The van der Waals surface area contributed by atoms with Crippen LogP contribution >= 0.6 is 0 Å². The highest BCUT2D eigenvalue weighted by atomic mass is 16.5. The highest BCUT2D eigenvalue weighted by Crippen LogP contribution is 2.34. The predicted octanol–water partition coefficient (Wildman–Crippen LogP) is 11.6. The number of carbonyl (C=O) groups excluding carboxylic acids is 4. The summed E-state index contributed by atoms with van der Waals surface area (Å²) in [4.78, 5) is 71.7. The van der Waals surface area contributed by atoms with Crippen molar-refractivity contribution in [3.63, 3.8) is 0 Å². The molecule has 0 spiro atoms. The van der Waals surface area contributed by atoms with Crippen molar-refractivity contribution in [1.82, 2.24) is 0 Å². The Hall–Kier alpha value is -8.19. The van der Waals surface area contributed by atoms with Crippen LogP contribution in [0.2, 0.25) is 0 Å². The summed E-state index contributed by atoms with van der Waals surface area (Å²) in [5.41, 5.74) is 6.40. The summed E-state index contributed by atoms with van der Waals surface area (Å²) >= 11 is 0. The van der Waals surface area contributed by atoms with Gasteiger partial charge in [-0.2, -0.15) is 0 Å². The Balaban J connectivity index is 0.000000491. The first-order chi connectivity index (χ1) is 32.3. The van der Waals surface area contributed by atoms with E-state index in [4.69, 9.17) is 39.1 Å². The first-order valence-electron chi connectivity index (χ1n) is 21.4. The predicted molar refractivity (Wildman–Crippen MR) is 265 cm³/mol. The van der Waals surface area contributed by atoms with Gasteiger partial charge < -0.3 is 34.3 Å². The molecule has 0 aliphatic rings. The quantitative estimate of drug-likeness (QED) is 0.0911. The zero-order valence-electron chi connectivity index (χ0n) is 40.9. The first kappa shape index (κ1) is 58.8. The largest absolute Gasteiger partial charge is 0.481 e. The van der Waals surface area contributed by atoms with Crippen LogP contribution in [-0.4, -0.2) is 56.9 Å². The maximum atomic E-state index is 12.1. The minimum Gasteiger partial charge on any atom is -0.481 e. The van der Waals surface area contributed by atoms with Gasteiger partial charge in [-0.1, -0.05) is 130 Å². The summed E-state index contributed by atoms with van der Waals surface area (Å²) in [5.74, 6) is -1.78. The van der Waals surface area contributed by atoms with Crippen molar-refractivity contribution in [1.29, 1.82) is 0 Å². The van der Waals surface area contributed by atoms with Crippen molar-refractivity contribution in [2.24, 2.45) is 0 Å². The smallest absolute Gasteiger partial charge is 0.343 e. The molecule has 6 rings (SSSR count). The molecule has 6 aromatic rings. The molecular weight excluding hydrogens is 881 g/mol. The molecule has 0 aromatic heterocycles. The van der Waals surface area contributed by atoms with Crippen LogP contribution in [0.15, 0.2) is 158 Å². The van der Waals surface area contributed by atoms with Crippen molar-refractivity contribution in [2.75, 3.05) is 0 Å². The number of Topliss-reactive ketones (excluding diaryl/α,β-unsaturated/α-hetero) is 1. The van der Waals surface area contributed by atoms with Gasteiger partial charge in [-0.05, 0) is 104 Å². The monoisotopic (exact) mass is 942 g/mol. The zero-order valence-corrected chi connectivity index (χ0v) is 40.9. The van der Waals surface area contributed by atoms with Gasteiger partial charge in [0.2, 0.25) is 0 Å². The summed E-state index contributed by atoms with van der Waals surface area (Å²) in [7, 11) is 0. The fraction of sp³-hybridized carbons (Fsp3) is 0.232. The number of ketones is 1. The summed E-state index contributed by atoms with van der Waals surface area (Å²) in [6.45, 7) is 18.7. The molecule has 0 amide bonds. The average molecular weight is 943 g/mol. The number of carbonyl (C=O) groups is 7. The number of hydrogen-bond donors (Lipinski definition) is 3. The molecule has 0 unspecified atom stereocenters. The Morgan fingerprint density at radius 1 is 0.377 bits per heavy atom. The minimum absolute atomic E-state index is 0.115. The van der Waals surface area contributed by atoms with Gasteiger partial charge in [0.15, 0.2) is 0 Å². The van der Waals surface area contributed by atoms with Crippen LogP contribution in [0.5, 0.6) is 17.2 Å². The lowest BCUT2D eigenvalue weighted by Gasteiger charge is -2.26. The van der Waals surface area contributed by atoms with Crippen LogP contribution in [0.3, 0.4) is 0 Å². The highest BCUT2D eigenvalue weighted by molar-refractivity contribution is 5.91. The maximum absolute atomic E-state index is 12.1. The number of aryl methyl sites for hydroxylation is 1. The Morgan fingerprint density at radius 2 is 0.623 bits per heavy atom. The molecule has 3 N–H and O–H groups in total. The van der Waals surface area contributed by atoms with E-state index < -0.39 is 17.9 Å². The third-order valence-electron chi connectivity index (χ3n) is 9.27. The van der Waals surface area contributed by atoms with Crippen molar-refractivity contribution in [3.8, 4) is 17.2 Å². The van der Waals surface area contributed by atoms with Crippen LogP contribution in [0.1, 0.15) is 118 Å². The fourth-order valence-corrected chi connectivity index (χ4v) is 5.78. The van der Waals surface area contributed by atoms with E-state index >= 15 is 0 Å². The van der Waals surface area contributed by atoms with Crippen molar-refractivity contribution < 1.29 is 63.1 Å². The van der Waals surface area contributed by atoms with Crippen LogP contribution in [0, 0.1) is 6.92 Å². The molecule has 13 nitrogen and oxygen atoms in total. The highest BCUT2D eigenvalue weighted by Gasteiger charge is 2.24. The van der Waals surface area contributed by atoms with Crippen molar-refractivity contribution >= 4 is 41.6 Å². The van der Waals surface area contributed by atoms with Crippen LogP contribution in [0.4, 0.5) is 0 Å². The third kappa shape index (κ3) is 23.7. The molecule has 0 saturated heterocycles. The molecule has 364 valence electrons. The molecule has 13 heteroatoms. The van der Waals surface area contributed by atoms with E-state index in [-0.39, 0.29) is 34.5 Å². The van der Waals surface area contributed by atoms with Crippen LogP contribution in [-0.2, 0) is 34.8 Å². The van der Waals surface area contributed by atoms with E-state index in [2.05, 4.69) is 58.9 Å². The normalized spacial score (nSPS) is 9.96. The van der Waals surface area contributed by atoms with E-state index in [0.717, 1.165) is 25.0 Å². The van der Waals surface area contributed by atoms with E-state index in [1.165, 1.54) is 44.4 Å². The Kier molecular flexibility index (Phi) is 25.1. The molecular formula is C56H62O13. The fourth-order valence-electron chi connectivity index (χ4n) is 5.78. The topological polar surface area (TPSA) is 208 Å². The van der Waals surface area contributed by atoms with E-state index in [9.17, 15) is 24.0 Å².